The molecule has 0 saturated carbocycles. The number of hydrogen-bond donors (Lipinski definition) is 1. The molecule has 1 spiro atoms. The van der Waals surface area contributed by atoms with Crippen molar-refractivity contribution in [3.63, 3.8) is 0 Å². The number of urea groups is 1. The Balaban J connectivity index is 1.62. The number of rotatable bonds is 4. The Hall–Kier alpha value is -2.71. The van der Waals surface area contributed by atoms with Gasteiger partial charge in [0.25, 0.3) is 0 Å². The van der Waals surface area contributed by atoms with Crippen molar-refractivity contribution in [1.29, 1.82) is 0 Å². The van der Waals surface area contributed by atoms with Gasteiger partial charge in [0.2, 0.25) is 11.8 Å². The highest BCUT2D eigenvalue weighted by molar-refractivity contribution is 5.84. The molecule has 0 aromatic carbocycles. The van der Waals surface area contributed by atoms with E-state index in [0.717, 1.165) is 30.7 Å². The highest BCUT2D eigenvalue weighted by Crippen LogP contribution is 2.39. The second kappa shape index (κ2) is 8.75. The van der Waals surface area contributed by atoms with Crippen LogP contribution in [-0.2, 0) is 16.1 Å². The van der Waals surface area contributed by atoms with E-state index in [1.165, 1.54) is 4.90 Å². The molecule has 1 atom stereocenters. The number of nitrogens with one attached hydrogen (secondary N) is 1. The Morgan fingerprint density at radius 1 is 1.21 bits per heavy atom. The summed E-state index contributed by atoms with van der Waals surface area (Å²) in [6.07, 6.45) is 6.59. The first-order valence-corrected chi connectivity index (χ1v) is 10.1. The summed E-state index contributed by atoms with van der Waals surface area (Å²) in [4.78, 5) is 50.5. The highest BCUT2D eigenvalue weighted by Gasteiger charge is 2.42. The van der Waals surface area contributed by atoms with Gasteiger partial charge in [0.15, 0.2) is 0 Å². The number of aryl methyl sites for hydroxylation is 1. The topological polar surface area (TPSA) is 98.7 Å². The Morgan fingerprint density at radius 2 is 2.00 bits per heavy atom. The monoisotopic (exact) mass is 402 g/mol. The van der Waals surface area contributed by atoms with Crippen LogP contribution in [0.1, 0.15) is 37.1 Å². The molecular weight excluding hydrogens is 372 g/mol. The van der Waals surface area contributed by atoms with Crippen LogP contribution in [0.3, 0.4) is 0 Å². The summed E-state index contributed by atoms with van der Waals surface area (Å²) >= 11 is 0. The lowest BCUT2D eigenvalue weighted by atomic mass is 9.73. The number of amides is 4. The van der Waals surface area contributed by atoms with Crippen molar-refractivity contribution in [1.82, 2.24) is 30.0 Å². The van der Waals surface area contributed by atoms with Gasteiger partial charge in [-0.2, -0.15) is 0 Å². The second-order valence-corrected chi connectivity index (χ2v) is 8.37. The van der Waals surface area contributed by atoms with E-state index in [1.54, 1.807) is 26.5 Å². The first kappa shape index (κ1) is 21.0. The lowest BCUT2D eigenvalue weighted by Crippen LogP contribution is -2.56. The number of nitrogens with zero attached hydrogens (tertiary/aromatic N) is 5. The van der Waals surface area contributed by atoms with Gasteiger partial charge in [-0.05, 0) is 26.2 Å². The van der Waals surface area contributed by atoms with Crippen LogP contribution in [0.5, 0.6) is 0 Å². The van der Waals surface area contributed by atoms with Crippen molar-refractivity contribution in [3.05, 3.63) is 23.8 Å². The van der Waals surface area contributed by atoms with Gasteiger partial charge in [-0.15, -0.1) is 0 Å². The van der Waals surface area contributed by atoms with Crippen LogP contribution in [0, 0.1) is 12.3 Å². The summed E-state index contributed by atoms with van der Waals surface area (Å²) < 4.78 is 0. The number of piperidine rings is 2. The number of aromatic nitrogens is 2. The fraction of sp³-hybridized carbons (Fsp3) is 0.650. The lowest BCUT2D eigenvalue weighted by Gasteiger charge is -2.48. The largest absolute Gasteiger partial charge is 0.341 e. The Morgan fingerprint density at radius 3 is 2.69 bits per heavy atom. The molecule has 0 aliphatic carbocycles. The van der Waals surface area contributed by atoms with Crippen LogP contribution >= 0.6 is 0 Å². The van der Waals surface area contributed by atoms with Gasteiger partial charge in [-0.1, -0.05) is 0 Å². The van der Waals surface area contributed by atoms with Gasteiger partial charge in [0, 0.05) is 51.8 Å². The van der Waals surface area contributed by atoms with Crippen LogP contribution in [-0.4, -0.2) is 82.8 Å². The third-order valence-electron chi connectivity index (χ3n) is 5.75. The Kier molecular flexibility index (Phi) is 6.34. The average molecular weight is 402 g/mol. The van der Waals surface area contributed by atoms with E-state index in [-0.39, 0.29) is 29.8 Å². The zero-order valence-electron chi connectivity index (χ0n) is 17.5. The van der Waals surface area contributed by atoms with Gasteiger partial charge < -0.3 is 20.0 Å². The standard InChI is InChI=1S/C20H30N6O3/c1-15-9-22-16(10-21-15)12-26-14-20(7-5-17(26)27)6-4-8-25(13-20)18(28)11-23-19(29)24(2)3/h9-10H,4-8,11-14H2,1-3H3,(H,23,29)/t20-/m1/s1. The number of hydrogen-bond acceptors (Lipinski definition) is 5. The minimum atomic E-state index is -0.279. The smallest absolute Gasteiger partial charge is 0.317 e. The van der Waals surface area contributed by atoms with E-state index in [9.17, 15) is 14.4 Å². The van der Waals surface area contributed by atoms with Crippen molar-refractivity contribution < 1.29 is 14.4 Å². The molecule has 4 amide bonds. The molecule has 9 heteroatoms. The van der Waals surface area contributed by atoms with Crippen molar-refractivity contribution >= 4 is 17.8 Å². The molecule has 3 heterocycles. The second-order valence-electron chi connectivity index (χ2n) is 8.37. The van der Waals surface area contributed by atoms with Crippen molar-refractivity contribution in [3.8, 4) is 0 Å². The Labute approximate surface area is 171 Å². The summed E-state index contributed by atoms with van der Waals surface area (Å²) in [7, 11) is 3.28. The van der Waals surface area contributed by atoms with Gasteiger partial charge in [0.05, 0.1) is 30.7 Å². The van der Waals surface area contributed by atoms with Crippen molar-refractivity contribution in [2.75, 3.05) is 40.3 Å². The van der Waals surface area contributed by atoms with E-state index in [2.05, 4.69) is 15.3 Å². The summed E-state index contributed by atoms with van der Waals surface area (Å²) in [5.74, 6) is 0.0480. The third-order valence-corrected chi connectivity index (χ3v) is 5.75. The normalized spacial score (nSPS) is 22.0. The van der Waals surface area contributed by atoms with E-state index in [0.29, 0.717) is 32.6 Å². The van der Waals surface area contributed by atoms with E-state index in [1.807, 2.05) is 16.7 Å². The first-order valence-electron chi connectivity index (χ1n) is 10.1. The molecule has 2 aliphatic rings. The molecular formula is C20H30N6O3. The van der Waals surface area contributed by atoms with E-state index in [4.69, 9.17) is 0 Å². The number of carbonyl (C=O) groups is 3. The summed E-state index contributed by atoms with van der Waals surface area (Å²) in [6, 6.07) is -0.279. The lowest BCUT2D eigenvalue weighted by molar-refractivity contribution is -0.143. The SMILES string of the molecule is Cc1cnc(CN2C[C@]3(CCCN(C(=O)CNC(=O)N(C)C)C3)CCC2=O)cn1. The molecule has 1 aromatic heterocycles. The summed E-state index contributed by atoms with van der Waals surface area (Å²) in [5.41, 5.74) is 1.53. The minimum Gasteiger partial charge on any atom is -0.341 e. The van der Waals surface area contributed by atoms with Crippen molar-refractivity contribution in [2.45, 2.75) is 39.2 Å². The molecule has 0 bridgehead atoms. The third kappa shape index (κ3) is 5.21. The van der Waals surface area contributed by atoms with Crippen molar-refractivity contribution in [2.24, 2.45) is 5.41 Å². The van der Waals surface area contributed by atoms with Gasteiger partial charge in [-0.25, -0.2) is 4.79 Å². The summed E-state index contributed by atoms with van der Waals surface area (Å²) in [5, 5.41) is 2.64. The molecule has 2 fully saturated rings. The van der Waals surface area contributed by atoms with E-state index < -0.39 is 0 Å². The molecule has 9 nitrogen and oxygen atoms in total. The van der Waals surface area contributed by atoms with Crippen LogP contribution in [0.25, 0.3) is 0 Å². The van der Waals surface area contributed by atoms with Gasteiger partial charge >= 0.3 is 6.03 Å². The molecule has 0 unspecified atom stereocenters. The maximum atomic E-state index is 12.6. The van der Waals surface area contributed by atoms with Crippen LogP contribution < -0.4 is 5.32 Å². The van der Waals surface area contributed by atoms with Gasteiger partial charge in [0.1, 0.15) is 0 Å². The molecule has 158 valence electrons. The predicted molar refractivity (Wildman–Crippen MR) is 107 cm³/mol. The quantitative estimate of drug-likeness (QED) is 0.803. The zero-order chi connectivity index (χ0) is 21.0. The van der Waals surface area contributed by atoms with Crippen LogP contribution in [0.2, 0.25) is 0 Å². The number of carbonyl (C=O) groups excluding carboxylic acids is 3. The molecule has 29 heavy (non-hydrogen) atoms. The predicted octanol–water partition coefficient (Wildman–Crippen LogP) is 0.787. The van der Waals surface area contributed by atoms with E-state index >= 15 is 0 Å². The summed E-state index contributed by atoms with van der Waals surface area (Å²) in [6.45, 7) is 4.25. The molecule has 2 saturated heterocycles. The molecule has 2 aliphatic heterocycles. The molecule has 1 aromatic rings. The number of likely N-dealkylation sites (tertiary alicyclic amines) is 2. The van der Waals surface area contributed by atoms with Crippen LogP contribution in [0.15, 0.2) is 12.4 Å². The minimum absolute atomic E-state index is 0.00526. The maximum absolute atomic E-state index is 12.6. The molecule has 0 radical (unpaired) electrons. The fourth-order valence-electron chi connectivity index (χ4n) is 4.12. The molecule has 3 rings (SSSR count). The fourth-order valence-corrected chi connectivity index (χ4v) is 4.12. The average Bonchev–Trinajstić information content (AvgIpc) is 2.70. The van der Waals surface area contributed by atoms with Crippen LogP contribution in [0.4, 0.5) is 4.79 Å². The Bertz CT molecular complexity index is 766. The maximum Gasteiger partial charge on any atom is 0.317 e. The first-order chi connectivity index (χ1) is 13.8. The van der Waals surface area contributed by atoms with Gasteiger partial charge in [-0.3, -0.25) is 19.6 Å². The zero-order valence-corrected chi connectivity index (χ0v) is 17.5. The highest BCUT2D eigenvalue weighted by atomic mass is 16.2. The molecule has 1 N–H and O–H groups in total.